The van der Waals surface area contributed by atoms with E-state index in [9.17, 15) is 9.59 Å². The zero-order valence-corrected chi connectivity index (χ0v) is 18.1. The largest absolute Gasteiger partial charge is 0.484 e. The van der Waals surface area contributed by atoms with Crippen LogP contribution in [0.25, 0.3) is 0 Å². The second kappa shape index (κ2) is 11.5. The fourth-order valence-corrected chi connectivity index (χ4v) is 2.89. The summed E-state index contributed by atoms with van der Waals surface area (Å²) in [5, 5.41) is 2.69. The molecule has 2 aromatic carbocycles. The number of carbonyl (C=O) groups is 2. The maximum absolute atomic E-state index is 12.3. The summed E-state index contributed by atoms with van der Waals surface area (Å²) in [4.78, 5) is 28.8. The first-order chi connectivity index (χ1) is 15.6. The number of aromatic nitrogens is 1. The molecular weight excluding hydrogens is 412 g/mol. The fourth-order valence-electron chi connectivity index (χ4n) is 2.89. The number of alkyl carbamates (subject to hydrolysis) is 1. The Hall–Kier alpha value is -3.81. The van der Waals surface area contributed by atoms with Gasteiger partial charge in [0.05, 0.1) is 12.3 Å². The monoisotopic (exact) mass is 438 g/mol. The molecule has 0 aliphatic heterocycles. The number of oxazole rings is 1. The van der Waals surface area contributed by atoms with Crippen LogP contribution in [0, 0.1) is 0 Å². The normalized spacial score (nSPS) is 11.4. The van der Waals surface area contributed by atoms with Crippen LogP contribution >= 0.6 is 0 Å². The first kappa shape index (κ1) is 22.9. The number of nitrogens with one attached hydrogen (secondary N) is 1. The molecule has 32 heavy (non-hydrogen) atoms. The van der Waals surface area contributed by atoms with Crippen molar-refractivity contribution >= 4 is 12.1 Å². The molecule has 1 amide bonds. The van der Waals surface area contributed by atoms with Gasteiger partial charge in [-0.15, -0.1) is 0 Å². The van der Waals surface area contributed by atoms with Gasteiger partial charge in [-0.3, -0.25) is 0 Å². The minimum absolute atomic E-state index is 0.00506. The Labute approximate surface area is 186 Å². The van der Waals surface area contributed by atoms with Crippen molar-refractivity contribution in [1.29, 1.82) is 0 Å². The minimum atomic E-state index is -0.612. The van der Waals surface area contributed by atoms with Gasteiger partial charge in [0.1, 0.15) is 12.4 Å². The molecule has 0 fully saturated rings. The number of rotatable bonds is 10. The molecule has 0 radical (unpaired) electrons. The summed E-state index contributed by atoms with van der Waals surface area (Å²) in [6.07, 6.45) is -0.561. The van der Waals surface area contributed by atoms with E-state index in [1.165, 1.54) is 0 Å². The average molecular weight is 438 g/mol. The van der Waals surface area contributed by atoms with Crippen LogP contribution in [0.1, 0.15) is 47.5 Å². The fraction of sp³-hybridized carbons (Fsp3) is 0.292. The van der Waals surface area contributed by atoms with Crippen molar-refractivity contribution in [3.05, 3.63) is 83.6 Å². The molecular formula is C24H26N2O6. The lowest BCUT2D eigenvalue weighted by Crippen LogP contribution is -2.28. The number of nitrogens with zero attached hydrogens (tertiary/aromatic N) is 1. The number of benzene rings is 2. The molecule has 0 bridgehead atoms. The summed E-state index contributed by atoms with van der Waals surface area (Å²) < 4.78 is 21.6. The predicted octanol–water partition coefficient (Wildman–Crippen LogP) is 4.46. The highest BCUT2D eigenvalue weighted by molar-refractivity contribution is 5.87. The Morgan fingerprint density at radius 2 is 1.69 bits per heavy atom. The number of esters is 1. The van der Waals surface area contributed by atoms with Crippen molar-refractivity contribution in [3.63, 3.8) is 0 Å². The number of amides is 1. The van der Waals surface area contributed by atoms with E-state index in [0.717, 1.165) is 5.56 Å². The topological polar surface area (TPSA) is 99.9 Å². The van der Waals surface area contributed by atoms with E-state index in [-0.39, 0.29) is 43.9 Å². The molecule has 1 heterocycles. The molecule has 1 unspecified atom stereocenters. The van der Waals surface area contributed by atoms with Gasteiger partial charge in [-0.2, -0.15) is 0 Å². The third-order valence-corrected chi connectivity index (χ3v) is 4.50. The van der Waals surface area contributed by atoms with Gasteiger partial charge < -0.3 is 23.9 Å². The van der Waals surface area contributed by atoms with Crippen LogP contribution in [-0.4, -0.2) is 30.2 Å². The van der Waals surface area contributed by atoms with E-state index in [2.05, 4.69) is 10.3 Å². The average Bonchev–Trinajstić information content (AvgIpc) is 3.26. The van der Waals surface area contributed by atoms with E-state index in [0.29, 0.717) is 11.4 Å². The maximum Gasteiger partial charge on any atom is 0.407 e. The van der Waals surface area contributed by atoms with E-state index in [1.807, 2.05) is 67.6 Å². The zero-order chi connectivity index (χ0) is 22.8. The Balaban J connectivity index is 1.61. The molecule has 0 saturated heterocycles. The SMILES string of the molecule is CCOC(=O)c1oc(COc2ccccc2)nc1C(C)CNC(=O)OCc1ccccc1. The number of hydrogen-bond donors (Lipinski definition) is 1. The third-order valence-electron chi connectivity index (χ3n) is 4.50. The zero-order valence-electron chi connectivity index (χ0n) is 18.1. The molecule has 0 spiro atoms. The van der Waals surface area contributed by atoms with Gasteiger partial charge in [0, 0.05) is 12.5 Å². The molecule has 8 nitrogen and oxygen atoms in total. The second-order valence-corrected chi connectivity index (χ2v) is 6.99. The summed E-state index contributed by atoms with van der Waals surface area (Å²) in [6.45, 7) is 4.15. The highest BCUT2D eigenvalue weighted by Gasteiger charge is 2.26. The van der Waals surface area contributed by atoms with Crippen molar-refractivity contribution in [2.45, 2.75) is 33.0 Å². The van der Waals surface area contributed by atoms with Gasteiger partial charge in [-0.05, 0) is 24.6 Å². The van der Waals surface area contributed by atoms with E-state index in [1.54, 1.807) is 6.92 Å². The van der Waals surface area contributed by atoms with E-state index in [4.69, 9.17) is 18.6 Å². The van der Waals surface area contributed by atoms with Crippen molar-refractivity contribution < 1.29 is 28.2 Å². The molecule has 168 valence electrons. The first-order valence-electron chi connectivity index (χ1n) is 10.4. The Bertz CT molecular complexity index is 1000. The number of para-hydroxylation sites is 1. The molecule has 0 aliphatic rings. The van der Waals surface area contributed by atoms with Crippen molar-refractivity contribution in [2.75, 3.05) is 13.2 Å². The Morgan fingerprint density at radius 1 is 1.00 bits per heavy atom. The lowest BCUT2D eigenvalue weighted by molar-refractivity contribution is 0.0483. The van der Waals surface area contributed by atoms with E-state index >= 15 is 0 Å². The van der Waals surface area contributed by atoms with Gasteiger partial charge in [0.15, 0.2) is 6.61 Å². The lowest BCUT2D eigenvalue weighted by Gasteiger charge is -2.12. The molecule has 8 heteroatoms. The molecule has 1 N–H and O–H groups in total. The van der Waals surface area contributed by atoms with Gasteiger partial charge in [-0.1, -0.05) is 55.5 Å². The van der Waals surface area contributed by atoms with Crippen LogP contribution in [0.5, 0.6) is 5.75 Å². The quantitative estimate of drug-likeness (QED) is 0.467. The standard InChI is InChI=1S/C24H26N2O6/c1-3-29-23(27)22-21(26-20(32-22)16-30-19-12-8-5-9-13-19)17(2)14-25-24(28)31-15-18-10-6-4-7-11-18/h4-13,17H,3,14-16H2,1-2H3,(H,25,28). The smallest absolute Gasteiger partial charge is 0.407 e. The maximum atomic E-state index is 12.3. The Kier molecular flexibility index (Phi) is 8.25. The predicted molar refractivity (Wildman–Crippen MR) is 116 cm³/mol. The van der Waals surface area contributed by atoms with E-state index < -0.39 is 12.1 Å². The second-order valence-electron chi connectivity index (χ2n) is 6.99. The minimum Gasteiger partial charge on any atom is -0.484 e. The highest BCUT2D eigenvalue weighted by atomic mass is 16.6. The molecule has 3 aromatic rings. The summed E-state index contributed by atoms with van der Waals surface area (Å²) in [5.74, 6) is -0.0379. The summed E-state index contributed by atoms with van der Waals surface area (Å²) in [5.41, 5.74) is 1.28. The number of carbonyl (C=O) groups excluding carboxylic acids is 2. The summed E-state index contributed by atoms with van der Waals surface area (Å²) >= 11 is 0. The van der Waals surface area contributed by atoms with Crippen LogP contribution < -0.4 is 10.1 Å². The van der Waals surface area contributed by atoms with Crippen LogP contribution in [-0.2, 0) is 22.7 Å². The summed E-state index contributed by atoms with van der Waals surface area (Å²) in [6, 6.07) is 18.6. The highest BCUT2D eigenvalue weighted by Crippen LogP contribution is 2.22. The van der Waals surface area contributed by atoms with Gasteiger partial charge >= 0.3 is 12.1 Å². The van der Waals surface area contributed by atoms with Gasteiger partial charge in [0.2, 0.25) is 11.7 Å². The lowest BCUT2D eigenvalue weighted by atomic mass is 10.1. The van der Waals surface area contributed by atoms with Crippen LogP contribution in [0.3, 0.4) is 0 Å². The Morgan fingerprint density at radius 3 is 2.38 bits per heavy atom. The number of hydrogen-bond acceptors (Lipinski definition) is 7. The molecule has 1 atom stereocenters. The van der Waals surface area contributed by atoms with Crippen molar-refractivity contribution in [1.82, 2.24) is 10.3 Å². The molecule has 1 aromatic heterocycles. The van der Waals surface area contributed by atoms with Crippen LogP contribution in [0.4, 0.5) is 4.79 Å². The molecule has 0 saturated carbocycles. The van der Waals surface area contributed by atoms with Gasteiger partial charge in [0.25, 0.3) is 0 Å². The van der Waals surface area contributed by atoms with Crippen LogP contribution in [0.2, 0.25) is 0 Å². The summed E-state index contributed by atoms with van der Waals surface area (Å²) in [7, 11) is 0. The van der Waals surface area contributed by atoms with Crippen LogP contribution in [0.15, 0.2) is 65.1 Å². The first-order valence-corrected chi connectivity index (χ1v) is 10.4. The molecule has 0 aliphatic carbocycles. The van der Waals surface area contributed by atoms with Crippen molar-refractivity contribution in [3.8, 4) is 5.75 Å². The number of ether oxygens (including phenoxy) is 3. The third kappa shape index (κ3) is 6.60. The molecule has 3 rings (SSSR count). The van der Waals surface area contributed by atoms with Gasteiger partial charge in [-0.25, -0.2) is 14.6 Å². The van der Waals surface area contributed by atoms with Crippen molar-refractivity contribution in [2.24, 2.45) is 0 Å².